The third-order valence-corrected chi connectivity index (χ3v) is 5.11. The molecule has 0 spiro atoms. The highest BCUT2D eigenvalue weighted by Gasteiger charge is 2.42. The number of halogens is 1. The number of rotatable bonds is 3. The van der Waals surface area contributed by atoms with Crippen molar-refractivity contribution in [2.24, 2.45) is 17.8 Å². The largest absolute Gasteiger partial charge is 0.349 e. The summed E-state index contributed by atoms with van der Waals surface area (Å²) in [4.78, 5) is 16.1. The standard InChI is InChI=1S/C15H19ClN2O/c1-9(13-7-10-2-3-11(13)6-10)18-15(19)12-4-5-17-8-14(12)16/h4-5,8-11,13H,2-3,6-7H2,1H3,(H,18,19). The lowest BCUT2D eigenvalue weighted by atomic mass is 9.84. The minimum absolute atomic E-state index is 0.0809. The molecule has 0 aliphatic heterocycles. The number of carbonyl (C=O) groups is 1. The third-order valence-electron chi connectivity index (χ3n) is 4.81. The molecule has 1 aromatic heterocycles. The summed E-state index contributed by atoms with van der Waals surface area (Å²) in [5, 5.41) is 3.53. The van der Waals surface area contributed by atoms with Crippen molar-refractivity contribution in [1.29, 1.82) is 0 Å². The normalized spacial score (nSPS) is 30.3. The molecule has 2 bridgehead atoms. The van der Waals surface area contributed by atoms with Crippen molar-refractivity contribution in [2.45, 2.75) is 38.6 Å². The van der Waals surface area contributed by atoms with E-state index in [1.54, 1.807) is 12.3 Å². The van der Waals surface area contributed by atoms with Crippen molar-refractivity contribution in [3.63, 3.8) is 0 Å². The van der Waals surface area contributed by atoms with Crippen LogP contribution in [0.3, 0.4) is 0 Å². The monoisotopic (exact) mass is 278 g/mol. The Morgan fingerprint density at radius 1 is 1.47 bits per heavy atom. The van der Waals surface area contributed by atoms with Crippen molar-refractivity contribution < 1.29 is 4.79 Å². The molecule has 0 saturated heterocycles. The summed E-state index contributed by atoms with van der Waals surface area (Å²) in [5.74, 6) is 2.28. The van der Waals surface area contributed by atoms with Gasteiger partial charge in [0.25, 0.3) is 5.91 Å². The van der Waals surface area contributed by atoms with Crippen molar-refractivity contribution in [3.05, 3.63) is 29.0 Å². The van der Waals surface area contributed by atoms with E-state index in [-0.39, 0.29) is 11.9 Å². The SMILES string of the molecule is CC(NC(=O)c1ccncc1Cl)C1CC2CCC1C2. The van der Waals surface area contributed by atoms with E-state index in [2.05, 4.69) is 17.2 Å². The average molecular weight is 279 g/mol. The van der Waals surface area contributed by atoms with Crippen molar-refractivity contribution in [2.75, 3.05) is 0 Å². The van der Waals surface area contributed by atoms with Crippen LogP contribution in [0.15, 0.2) is 18.5 Å². The molecule has 19 heavy (non-hydrogen) atoms. The van der Waals surface area contributed by atoms with Gasteiger partial charge < -0.3 is 5.32 Å². The zero-order valence-corrected chi connectivity index (χ0v) is 11.9. The second-order valence-electron chi connectivity index (χ2n) is 5.96. The Balaban J connectivity index is 1.65. The maximum Gasteiger partial charge on any atom is 0.253 e. The van der Waals surface area contributed by atoms with E-state index in [4.69, 9.17) is 11.6 Å². The molecule has 102 valence electrons. The fourth-order valence-corrected chi connectivity index (χ4v) is 4.06. The first-order valence-corrected chi connectivity index (χ1v) is 7.43. The van der Waals surface area contributed by atoms with Crippen molar-refractivity contribution in [3.8, 4) is 0 Å². The highest BCUT2D eigenvalue weighted by molar-refractivity contribution is 6.33. The number of fused-ring (bicyclic) bond motifs is 2. The van der Waals surface area contributed by atoms with Crippen LogP contribution in [-0.2, 0) is 0 Å². The van der Waals surface area contributed by atoms with Crippen molar-refractivity contribution >= 4 is 17.5 Å². The molecule has 1 amide bonds. The van der Waals surface area contributed by atoms with E-state index in [0.717, 1.165) is 11.8 Å². The first-order valence-electron chi connectivity index (χ1n) is 7.05. The molecule has 0 radical (unpaired) electrons. The molecule has 1 N–H and O–H groups in total. The molecular weight excluding hydrogens is 260 g/mol. The lowest BCUT2D eigenvalue weighted by Gasteiger charge is -2.28. The van der Waals surface area contributed by atoms with E-state index in [1.165, 1.54) is 31.9 Å². The van der Waals surface area contributed by atoms with E-state index in [9.17, 15) is 4.79 Å². The van der Waals surface area contributed by atoms with Gasteiger partial charge in [0.1, 0.15) is 0 Å². The number of hydrogen-bond acceptors (Lipinski definition) is 2. The first-order chi connectivity index (χ1) is 9.15. The summed E-state index contributed by atoms with van der Waals surface area (Å²) in [6.45, 7) is 2.12. The maximum absolute atomic E-state index is 12.2. The number of pyridine rings is 1. The van der Waals surface area contributed by atoms with Crippen LogP contribution in [0.4, 0.5) is 0 Å². The highest BCUT2D eigenvalue weighted by atomic mass is 35.5. The third kappa shape index (κ3) is 2.48. The van der Waals surface area contributed by atoms with Gasteiger partial charge in [-0.25, -0.2) is 0 Å². The van der Waals surface area contributed by atoms with Gasteiger partial charge in [-0.15, -0.1) is 0 Å². The fraction of sp³-hybridized carbons (Fsp3) is 0.600. The fourth-order valence-electron chi connectivity index (χ4n) is 3.86. The van der Waals surface area contributed by atoms with Crippen LogP contribution in [0.1, 0.15) is 43.0 Å². The molecule has 1 heterocycles. The van der Waals surface area contributed by atoms with Gasteiger partial charge in [0.2, 0.25) is 0 Å². The summed E-state index contributed by atoms with van der Waals surface area (Å²) in [6, 6.07) is 1.90. The van der Waals surface area contributed by atoms with Crippen LogP contribution in [0.25, 0.3) is 0 Å². The van der Waals surface area contributed by atoms with Crippen LogP contribution in [-0.4, -0.2) is 16.9 Å². The minimum atomic E-state index is -0.0809. The van der Waals surface area contributed by atoms with Crippen LogP contribution >= 0.6 is 11.6 Å². The Hall–Kier alpha value is -1.09. The molecule has 2 aliphatic rings. The Labute approximate surface area is 118 Å². The Kier molecular flexibility index (Phi) is 3.48. The second kappa shape index (κ2) is 5.12. The van der Waals surface area contributed by atoms with Crippen LogP contribution in [0.2, 0.25) is 5.02 Å². The quantitative estimate of drug-likeness (QED) is 0.922. The van der Waals surface area contributed by atoms with Gasteiger partial charge in [0.05, 0.1) is 10.6 Å². The molecule has 3 rings (SSSR count). The zero-order chi connectivity index (χ0) is 13.4. The Morgan fingerprint density at radius 2 is 2.32 bits per heavy atom. The van der Waals surface area contributed by atoms with Crippen molar-refractivity contribution in [1.82, 2.24) is 10.3 Å². The Morgan fingerprint density at radius 3 is 2.95 bits per heavy atom. The van der Waals surface area contributed by atoms with Crippen LogP contribution in [0, 0.1) is 17.8 Å². The number of amides is 1. The van der Waals surface area contributed by atoms with E-state index < -0.39 is 0 Å². The predicted octanol–water partition coefficient (Wildman–Crippen LogP) is 3.29. The summed E-state index contributed by atoms with van der Waals surface area (Å²) < 4.78 is 0. The molecule has 1 aromatic rings. The van der Waals surface area contributed by atoms with E-state index >= 15 is 0 Å². The molecule has 4 heteroatoms. The maximum atomic E-state index is 12.2. The molecule has 2 aliphatic carbocycles. The van der Waals surface area contributed by atoms with Gasteiger partial charge >= 0.3 is 0 Å². The van der Waals surface area contributed by atoms with Crippen LogP contribution in [0.5, 0.6) is 0 Å². The Bertz CT molecular complexity index is 491. The van der Waals surface area contributed by atoms with Gasteiger partial charge in [0, 0.05) is 18.4 Å². The minimum Gasteiger partial charge on any atom is -0.349 e. The number of aromatic nitrogens is 1. The van der Waals surface area contributed by atoms with Gasteiger partial charge in [-0.2, -0.15) is 0 Å². The molecule has 2 fully saturated rings. The summed E-state index contributed by atoms with van der Waals surface area (Å²) >= 11 is 6.00. The lowest BCUT2D eigenvalue weighted by molar-refractivity contribution is 0.0915. The highest BCUT2D eigenvalue weighted by Crippen LogP contribution is 2.49. The summed E-state index contributed by atoms with van der Waals surface area (Å²) in [6.07, 6.45) is 8.47. The average Bonchev–Trinajstić information content (AvgIpc) is 3.01. The molecule has 3 nitrogen and oxygen atoms in total. The number of nitrogens with zero attached hydrogens (tertiary/aromatic N) is 1. The summed E-state index contributed by atoms with van der Waals surface area (Å²) in [5.41, 5.74) is 0.520. The number of carbonyl (C=O) groups excluding carboxylic acids is 1. The van der Waals surface area contributed by atoms with Gasteiger partial charge in [-0.3, -0.25) is 9.78 Å². The topological polar surface area (TPSA) is 42.0 Å². The molecule has 2 saturated carbocycles. The number of hydrogen-bond donors (Lipinski definition) is 1. The van der Waals surface area contributed by atoms with Gasteiger partial charge in [-0.1, -0.05) is 18.0 Å². The molecule has 0 aromatic carbocycles. The summed E-state index contributed by atoms with van der Waals surface area (Å²) in [7, 11) is 0. The smallest absolute Gasteiger partial charge is 0.253 e. The zero-order valence-electron chi connectivity index (χ0n) is 11.1. The van der Waals surface area contributed by atoms with Crippen LogP contribution < -0.4 is 5.32 Å². The number of nitrogens with one attached hydrogen (secondary N) is 1. The lowest BCUT2D eigenvalue weighted by Crippen LogP contribution is -2.40. The predicted molar refractivity (Wildman–Crippen MR) is 75.1 cm³/mol. The van der Waals surface area contributed by atoms with E-state index in [1.807, 2.05) is 0 Å². The molecule has 4 atom stereocenters. The second-order valence-corrected chi connectivity index (χ2v) is 6.36. The molecular formula is C15H19ClN2O. The van der Waals surface area contributed by atoms with Gasteiger partial charge in [-0.05, 0) is 50.0 Å². The van der Waals surface area contributed by atoms with Gasteiger partial charge in [0.15, 0.2) is 0 Å². The van der Waals surface area contributed by atoms with E-state index in [0.29, 0.717) is 16.5 Å². The first kappa shape index (κ1) is 12.9. The molecule has 4 unspecified atom stereocenters.